The molecule has 0 unspecified atom stereocenters. The van der Waals surface area contributed by atoms with Crippen LogP contribution in [0.15, 0.2) is 77.5 Å². The number of alkyl halides is 2. The number of aromatic nitrogens is 5. The van der Waals surface area contributed by atoms with Crippen LogP contribution in [0.25, 0.3) is 16.9 Å². The van der Waals surface area contributed by atoms with Gasteiger partial charge in [0, 0.05) is 11.8 Å². The van der Waals surface area contributed by atoms with Crippen molar-refractivity contribution in [3.8, 4) is 11.3 Å². The van der Waals surface area contributed by atoms with Gasteiger partial charge >= 0.3 is 0 Å². The third-order valence-corrected chi connectivity index (χ3v) is 6.03. The number of carbonyl (C=O) groups is 1. The third kappa shape index (κ3) is 4.69. The Bertz CT molecular complexity index is 1510. The Morgan fingerprint density at radius 2 is 1.86 bits per heavy atom. The maximum atomic E-state index is 13.8. The summed E-state index contributed by atoms with van der Waals surface area (Å²) in [5, 5.41) is 11.2. The number of halogens is 3. The van der Waals surface area contributed by atoms with Gasteiger partial charge in [-0.05, 0) is 34.5 Å². The molecule has 2 aromatic carbocycles. The first-order valence-corrected chi connectivity index (χ1v) is 11.5. The zero-order chi connectivity index (χ0) is 24.5. The molecule has 176 valence electrons. The molecular formula is C25H19BrF2N6O. The second kappa shape index (κ2) is 9.38. The van der Waals surface area contributed by atoms with Crippen LogP contribution in [0, 0.1) is 6.92 Å². The van der Waals surface area contributed by atoms with Crippen molar-refractivity contribution in [2.24, 2.45) is 0 Å². The topological polar surface area (TPSA) is 77.1 Å². The molecule has 0 aliphatic heterocycles. The molecular weight excluding hydrogens is 518 g/mol. The molecule has 0 atom stereocenters. The number of aryl methyl sites for hydroxylation is 1. The number of carbonyl (C=O) groups excluding carboxylic acids is 1. The average Bonchev–Trinajstić information content (AvgIpc) is 3.43. The van der Waals surface area contributed by atoms with Gasteiger partial charge in [-0.1, -0.05) is 60.2 Å². The Morgan fingerprint density at radius 1 is 1.11 bits per heavy atom. The lowest BCUT2D eigenvalue weighted by atomic mass is 10.1. The molecule has 0 spiro atoms. The fraction of sp³-hybridized carbons (Fsp3) is 0.120. The number of benzene rings is 2. The van der Waals surface area contributed by atoms with Crippen LogP contribution in [-0.4, -0.2) is 30.3 Å². The Balaban J connectivity index is 1.46. The summed E-state index contributed by atoms with van der Waals surface area (Å²) in [7, 11) is 0. The van der Waals surface area contributed by atoms with Crippen molar-refractivity contribution in [3.05, 3.63) is 99.9 Å². The number of anilines is 1. The number of fused-ring (bicyclic) bond motifs is 1. The summed E-state index contributed by atoms with van der Waals surface area (Å²) >= 11 is 3.42. The molecule has 1 N–H and O–H groups in total. The Morgan fingerprint density at radius 3 is 2.57 bits per heavy atom. The number of hydrogen-bond donors (Lipinski definition) is 1. The minimum Gasteiger partial charge on any atom is -0.304 e. The van der Waals surface area contributed by atoms with Gasteiger partial charge < -0.3 is 5.32 Å². The molecule has 0 aliphatic carbocycles. The second-order valence-electron chi connectivity index (χ2n) is 7.99. The standard InChI is InChI=1S/C25H19BrF2N6O/c1-15-7-9-16(10-8-15)13-33-14-19(26)23(32-33)31-25(35)18-12-29-34-21(22(27)28)11-20(30-24(18)34)17-5-3-2-4-6-17/h2-12,14,22H,13H2,1H3,(H,31,32,35). The van der Waals surface area contributed by atoms with Crippen molar-refractivity contribution >= 4 is 33.3 Å². The smallest absolute Gasteiger partial charge is 0.280 e. The summed E-state index contributed by atoms with van der Waals surface area (Å²) in [6, 6.07) is 18.3. The minimum absolute atomic E-state index is 0.0364. The van der Waals surface area contributed by atoms with Gasteiger partial charge in [-0.3, -0.25) is 9.48 Å². The third-order valence-electron chi connectivity index (χ3n) is 5.45. The molecule has 0 saturated heterocycles. The van der Waals surface area contributed by atoms with Gasteiger partial charge in [0.2, 0.25) is 0 Å². The first-order chi connectivity index (χ1) is 16.9. The molecule has 0 aliphatic rings. The fourth-order valence-electron chi connectivity index (χ4n) is 3.68. The van der Waals surface area contributed by atoms with Gasteiger partial charge in [-0.25, -0.2) is 18.3 Å². The SMILES string of the molecule is Cc1ccc(Cn2cc(Br)c(NC(=O)c3cnn4c(C(F)F)cc(-c5ccccc5)nc34)n2)cc1. The highest BCUT2D eigenvalue weighted by Gasteiger charge is 2.22. The van der Waals surface area contributed by atoms with Crippen LogP contribution in [0.1, 0.15) is 33.6 Å². The van der Waals surface area contributed by atoms with Crippen LogP contribution in [0.5, 0.6) is 0 Å². The van der Waals surface area contributed by atoms with Crippen molar-refractivity contribution in [1.82, 2.24) is 24.4 Å². The number of rotatable bonds is 6. The summed E-state index contributed by atoms with van der Waals surface area (Å²) in [6.07, 6.45) is 0.187. The minimum atomic E-state index is -2.80. The average molecular weight is 537 g/mol. The zero-order valence-electron chi connectivity index (χ0n) is 18.5. The molecule has 7 nitrogen and oxygen atoms in total. The van der Waals surface area contributed by atoms with Gasteiger partial charge in [0.1, 0.15) is 11.3 Å². The van der Waals surface area contributed by atoms with Gasteiger partial charge in [-0.15, -0.1) is 0 Å². The van der Waals surface area contributed by atoms with E-state index in [-0.39, 0.29) is 16.9 Å². The summed E-state index contributed by atoms with van der Waals surface area (Å²) < 4.78 is 30.9. The predicted molar refractivity (Wildman–Crippen MR) is 132 cm³/mol. The lowest BCUT2D eigenvalue weighted by Crippen LogP contribution is -2.14. The molecule has 0 bridgehead atoms. The monoisotopic (exact) mass is 536 g/mol. The van der Waals surface area contributed by atoms with Crippen molar-refractivity contribution in [1.29, 1.82) is 0 Å². The maximum Gasteiger partial charge on any atom is 0.280 e. The van der Waals surface area contributed by atoms with Crippen molar-refractivity contribution in [2.45, 2.75) is 19.9 Å². The van der Waals surface area contributed by atoms with Crippen LogP contribution >= 0.6 is 15.9 Å². The Kier molecular flexibility index (Phi) is 6.12. The molecule has 3 heterocycles. The van der Waals surface area contributed by atoms with Gasteiger partial charge in [0.25, 0.3) is 12.3 Å². The van der Waals surface area contributed by atoms with Crippen molar-refractivity contribution in [2.75, 3.05) is 5.32 Å². The van der Waals surface area contributed by atoms with E-state index in [1.165, 1.54) is 12.3 Å². The molecule has 35 heavy (non-hydrogen) atoms. The molecule has 0 radical (unpaired) electrons. The molecule has 5 rings (SSSR count). The van der Waals surface area contributed by atoms with Crippen LogP contribution in [0.3, 0.4) is 0 Å². The van der Waals surface area contributed by atoms with E-state index in [1.807, 2.05) is 37.3 Å². The molecule has 10 heteroatoms. The Labute approximate surface area is 207 Å². The number of nitrogens with zero attached hydrogens (tertiary/aromatic N) is 5. The predicted octanol–water partition coefficient (Wildman–Crippen LogP) is 5.90. The lowest BCUT2D eigenvalue weighted by molar-refractivity contribution is 0.102. The van der Waals surface area contributed by atoms with Crippen LogP contribution < -0.4 is 5.32 Å². The number of amides is 1. The quantitative estimate of drug-likeness (QED) is 0.293. The van der Waals surface area contributed by atoms with E-state index < -0.39 is 12.3 Å². The van der Waals surface area contributed by atoms with E-state index in [9.17, 15) is 13.6 Å². The summed E-state index contributed by atoms with van der Waals surface area (Å²) in [5.74, 6) is -0.256. The van der Waals surface area contributed by atoms with Crippen LogP contribution in [0.2, 0.25) is 0 Å². The zero-order valence-corrected chi connectivity index (χ0v) is 20.1. The van der Waals surface area contributed by atoms with E-state index in [4.69, 9.17) is 0 Å². The van der Waals surface area contributed by atoms with E-state index >= 15 is 0 Å². The molecule has 5 aromatic rings. The molecule has 1 amide bonds. The van der Waals surface area contributed by atoms with Crippen LogP contribution in [0.4, 0.5) is 14.6 Å². The van der Waals surface area contributed by atoms with Crippen molar-refractivity contribution < 1.29 is 13.6 Å². The normalized spacial score (nSPS) is 11.3. The fourth-order valence-corrected chi connectivity index (χ4v) is 4.09. The summed E-state index contributed by atoms with van der Waals surface area (Å²) in [4.78, 5) is 17.6. The van der Waals surface area contributed by atoms with Crippen LogP contribution in [-0.2, 0) is 6.54 Å². The largest absolute Gasteiger partial charge is 0.304 e. The molecule has 0 fully saturated rings. The van der Waals surface area contributed by atoms with E-state index in [1.54, 1.807) is 35.1 Å². The number of nitrogens with one attached hydrogen (secondary N) is 1. The van der Waals surface area contributed by atoms with Crippen molar-refractivity contribution in [3.63, 3.8) is 0 Å². The first kappa shape index (κ1) is 22.9. The second-order valence-corrected chi connectivity index (χ2v) is 8.84. The van der Waals surface area contributed by atoms with E-state index in [0.717, 1.165) is 15.6 Å². The van der Waals surface area contributed by atoms with Gasteiger partial charge in [0.05, 0.1) is 22.9 Å². The molecule has 0 saturated carbocycles. The highest BCUT2D eigenvalue weighted by molar-refractivity contribution is 9.10. The van der Waals surface area contributed by atoms with E-state index in [2.05, 4.69) is 36.4 Å². The summed E-state index contributed by atoms with van der Waals surface area (Å²) in [5.41, 5.74) is 2.95. The molecule has 3 aromatic heterocycles. The highest BCUT2D eigenvalue weighted by Crippen LogP contribution is 2.27. The Hall–Kier alpha value is -3.92. The summed E-state index contributed by atoms with van der Waals surface area (Å²) in [6.45, 7) is 2.54. The highest BCUT2D eigenvalue weighted by atomic mass is 79.9. The lowest BCUT2D eigenvalue weighted by Gasteiger charge is -2.08. The number of hydrogen-bond acceptors (Lipinski definition) is 4. The maximum absolute atomic E-state index is 13.8. The van der Waals surface area contributed by atoms with Gasteiger partial charge in [-0.2, -0.15) is 10.2 Å². The van der Waals surface area contributed by atoms with Gasteiger partial charge in [0.15, 0.2) is 11.5 Å². The first-order valence-electron chi connectivity index (χ1n) is 10.7. The van der Waals surface area contributed by atoms with E-state index in [0.29, 0.717) is 28.1 Å².